The van der Waals surface area contributed by atoms with E-state index in [1.807, 2.05) is 43.0 Å². The number of nitrogens with one attached hydrogen (secondary N) is 2. The fourth-order valence-corrected chi connectivity index (χ4v) is 3.88. The maximum Gasteiger partial charge on any atom is 0.282 e. The van der Waals surface area contributed by atoms with Crippen LogP contribution >= 0.6 is 11.6 Å². The van der Waals surface area contributed by atoms with E-state index in [4.69, 9.17) is 11.6 Å². The van der Waals surface area contributed by atoms with Crippen LogP contribution < -0.4 is 15.1 Å². The average Bonchev–Trinajstić information content (AvgIpc) is 2.99. The van der Waals surface area contributed by atoms with Crippen molar-refractivity contribution >= 4 is 34.8 Å². The minimum atomic E-state index is -0.120. The molecule has 0 saturated heterocycles. The first-order chi connectivity index (χ1) is 13.4. The van der Waals surface area contributed by atoms with Crippen LogP contribution in [0.5, 0.6) is 0 Å². The number of carbonyl (C=O) groups excluding carboxylic acids is 2. The van der Waals surface area contributed by atoms with E-state index in [2.05, 4.69) is 18.3 Å². The topological polar surface area (TPSA) is 53.9 Å². The lowest BCUT2D eigenvalue weighted by molar-refractivity contribution is -0.881. The molecule has 2 atom stereocenters. The SMILES string of the molecule is CC[NH+](CC(=O)Nc1cc(Cl)ccc1C)CC(=O)N1c2ccccc2C[C@H]1C. The van der Waals surface area contributed by atoms with Crippen molar-refractivity contribution in [2.75, 3.05) is 29.9 Å². The lowest BCUT2D eigenvalue weighted by atomic mass is 10.1. The summed E-state index contributed by atoms with van der Waals surface area (Å²) in [4.78, 5) is 28.3. The highest BCUT2D eigenvalue weighted by Gasteiger charge is 2.32. The van der Waals surface area contributed by atoms with E-state index in [1.54, 1.807) is 12.1 Å². The number of anilines is 2. The van der Waals surface area contributed by atoms with Crippen LogP contribution in [0.25, 0.3) is 0 Å². The van der Waals surface area contributed by atoms with E-state index in [0.717, 1.165) is 22.6 Å². The van der Waals surface area contributed by atoms with Crippen molar-refractivity contribution in [3.8, 4) is 0 Å². The third-order valence-electron chi connectivity index (χ3n) is 5.26. The van der Waals surface area contributed by atoms with Crippen LogP contribution in [0.4, 0.5) is 11.4 Å². The third-order valence-corrected chi connectivity index (χ3v) is 5.50. The number of aryl methyl sites for hydroxylation is 1. The van der Waals surface area contributed by atoms with Gasteiger partial charge in [0, 0.05) is 22.4 Å². The van der Waals surface area contributed by atoms with E-state index >= 15 is 0 Å². The monoisotopic (exact) mass is 400 g/mol. The van der Waals surface area contributed by atoms with Gasteiger partial charge in [-0.2, -0.15) is 0 Å². The summed E-state index contributed by atoms with van der Waals surface area (Å²) in [6.07, 6.45) is 0.873. The lowest BCUT2D eigenvalue weighted by Gasteiger charge is -2.25. The predicted octanol–water partition coefficient (Wildman–Crippen LogP) is 2.47. The molecule has 2 aromatic carbocycles. The summed E-state index contributed by atoms with van der Waals surface area (Å²) in [6, 6.07) is 13.6. The van der Waals surface area contributed by atoms with Gasteiger partial charge in [-0.1, -0.05) is 35.9 Å². The van der Waals surface area contributed by atoms with Gasteiger partial charge < -0.3 is 15.1 Å². The predicted molar refractivity (Wildman–Crippen MR) is 113 cm³/mol. The maximum atomic E-state index is 13.0. The molecular weight excluding hydrogens is 374 g/mol. The van der Waals surface area contributed by atoms with Crippen LogP contribution in [0.3, 0.4) is 0 Å². The van der Waals surface area contributed by atoms with Gasteiger partial charge >= 0.3 is 0 Å². The van der Waals surface area contributed by atoms with Crippen molar-refractivity contribution in [1.29, 1.82) is 0 Å². The fourth-order valence-electron chi connectivity index (χ4n) is 3.71. The van der Waals surface area contributed by atoms with E-state index in [9.17, 15) is 9.59 Å². The first-order valence-electron chi connectivity index (χ1n) is 9.68. The average molecular weight is 401 g/mol. The van der Waals surface area contributed by atoms with Crippen LogP contribution in [0, 0.1) is 6.92 Å². The van der Waals surface area contributed by atoms with Crippen LogP contribution in [-0.2, 0) is 16.0 Å². The van der Waals surface area contributed by atoms with Gasteiger partial charge in [0.1, 0.15) is 0 Å². The minimum absolute atomic E-state index is 0.0565. The molecule has 1 aliphatic heterocycles. The van der Waals surface area contributed by atoms with Crippen LogP contribution in [0.15, 0.2) is 42.5 Å². The van der Waals surface area contributed by atoms with E-state index in [0.29, 0.717) is 17.3 Å². The highest BCUT2D eigenvalue weighted by atomic mass is 35.5. The van der Waals surface area contributed by atoms with Gasteiger partial charge in [-0.25, -0.2) is 0 Å². The second kappa shape index (κ2) is 8.76. The number of benzene rings is 2. The molecule has 1 aliphatic rings. The Morgan fingerprint density at radius 2 is 1.96 bits per heavy atom. The Morgan fingerprint density at radius 1 is 1.21 bits per heavy atom. The van der Waals surface area contributed by atoms with Gasteiger partial charge in [0.2, 0.25) is 0 Å². The number of nitrogens with zero attached hydrogens (tertiary/aromatic N) is 1. The van der Waals surface area contributed by atoms with Gasteiger partial charge in [-0.05, 0) is 56.5 Å². The van der Waals surface area contributed by atoms with Crippen molar-refractivity contribution in [1.82, 2.24) is 0 Å². The zero-order valence-corrected chi connectivity index (χ0v) is 17.3. The smallest absolute Gasteiger partial charge is 0.282 e. The highest BCUT2D eigenvalue weighted by molar-refractivity contribution is 6.31. The molecular formula is C22H27ClN3O2+. The fraction of sp³-hybridized carbons (Fsp3) is 0.364. The quantitative estimate of drug-likeness (QED) is 0.782. The first kappa shape index (κ1) is 20.4. The van der Waals surface area contributed by atoms with E-state index < -0.39 is 0 Å². The van der Waals surface area contributed by atoms with E-state index in [1.165, 1.54) is 5.56 Å². The van der Waals surface area contributed by atoms with Gasteiger partial charge in [0.15, 0.2) is 13.1 Å². The number of likely N-dealkylation sites (N-methyl/N-ethyl adjacent to an activating group) is 1. The number of amides is 2. The second-order valence-electron chi connectivity index (χ2n) is 7.41. The number of carbonyl (C=O) groups is 2. The van der Waals surface area contributed by atoms with Crippen LogP contribution in [0.1, 0.15) is 25.0 Å². The zero-order chi connectivity index (χ0) is 20.3. The van der Waals surface area contributed by atoms with Crippen molar-refractivity contribution in [3.05, 3.63) is 58.6 Å². The minimum Gasteiger partial charge on any atom is -0.321 e. The number of quaternary nitrogens is 1. The summed E-state index contributed by atoms with van der Waals surface area (Å²) in [7, 11) is 0. The molecule has 0 aromatic heterocycles. The highest BCUT2D eigenvalue weighted by Crippen LogP contribution is 2.31. The molecule has 0 aliphatic carbocycles. The number of para-hydroxylation sites is 1. The number of rotatable bonds is 6. The van der Waals surface area contributed by atoms with Crippen molar-refractivity contribution in [2.24, 2.45) is 0 Å². The summed E-state index contributed by atoms with van der Waals surface area (Å²) in [5.41, 5.74) is 3.86. The van der Waals surface area contributed by atoms with Crippen LogP contribution in [0.2, 0.25) is 5.02 Å². The summed E-state index contributed by atoms with van der Waals surface area (Å²) in [5, 5.41) is 3.49. The molecule has 148 valence electrons. The molecule has 2 amide bonds. The molecule has 0 fully saturated rings. The Bertz CT molecular complexity index is 884. The molecule has 1 heterocycles. The Labute approximate surface area is 171 Å². The first-order valence-corrected chi connectivity index (χ1v) is 10.1. The number of hydrogen-bond donors (Lipinski definition) is 2. The van der Waals surface area contributed by atoms with Crippen molar-refractivity contribution in [3.63, 3.8) is 0 Å². The standard InChI is InChI=1S/C22H26ClN3O2/c1-4-25(13-21(27)24-19-12-18(23)10-9-15(19)2)14-22(28)26-16(3)11-17-7-5-6-8-20(17)26/h5-10,12,16H,4,11,13-14H2,1-3H3,(H,24,27)/p+1/t16-/m1/s1. The molecule has 2 aromatic rings. The van der Waals surface area contributed by atoms with Crippen LogP contribution in [-0.4, -0.2) is 37.5 Å². The molecule has 0 spiro atoms. The summed E-state index contributed by atoms with van der Waals surface area (Å²) in [6.45, 7) is 7.19. The number of fused-ring (bicyclic) bond motifs is 1. The van der Waals surface area contributed by atoms with Gasteiger partial charge in [-0.15, -0.1) is 0 Å². The summed E-state index contributed by atoms with van der Waals surface area (Å²) >= 11 is 6.02. The Hall–Kier alpha value is -2.37. The number of hydrogen-bond acceptors (Lipinski definition) is 2. The van der Waals surface area contributed by atoms with Crippen molar-refractivity contribution < 1.29 is 14.5 Å². The van der Waals surface area contributed by atoms with Gasteiger partial charge in [0.05, 0.1) is 6.54 Å². The normalized spacial score (nSPS) is 16.6. The summed E-state index contributed by atoms with van der Waals surface area (Å²) < 4.78 is 0. The second-order valence-corrected chi connectivity index (χ2v) is 7.85. The molecule has 0 bridgehead atoms. The van der Waals surface area contributed by atoms with Crippen molar-refractivity contribution in [2.45, 2.75) is 33.2 Å². The molecule has 6 heteroatoms. The molecule has 2 N–H and O–H groups in total. The van der Waals surface area contributed by atoms with Gasteiger partial charge in [0.25, 0.3) is 11.8 Å². The molecule has 5 nitrogen and oxygen atoms in total. The Kier molecular flexibility index (Phi) is 6.37. The Balaban J connectivity index is 1.63. The molecule has 28 heavy (non-hydrogen) atoms. The molecule has 1 unspecified atom stereocenters. The maximum absolute atomic E-state index is 13.0. The molecule has 0 radical (unpaired) electrons. The molecule has 3 rings (SSSR count). The van der Waals surface area contributed by atoms with Gasteiger partial charge in [-0.3, -0.25) is 9.59 Å². The van der Waals surface area contributed by atoms with E-state index in [-0.39, 0.29) is 30.9 Å². The Morgan fingerprint density at radius 3 is 2.71 bits per heavy atom. The third kappa shape index (κ3) is 4.54. The lowest BCUT2D eigenvalue weighted by Crippen LogP contribution is -3.14. The zero-order valence-electron chi connectivity index (χ0n) is 16.6. The molecule has 0 saturated carbocycles. The summed E-state index contributed by atoms with van der Waals surface area (Å²) in [5.74, 6) is -0.0640. The number of halogens is 1. The largest absolute Gasteiger partial charge is 0.321 e.